The molecule has 0 aromatic heterocycles. The Hall–Kier alpha value is -4.14. The monoisotopic (exact) mass is 469 g/mol. The number of urea groups is 1. The molecule has 0 spiro atoms. The molecule has 1 aliphatic heterocycles. The first-order valence-corrected chi connectivity index (χ1v) is 10.6. The van der Waals surface area contributed by atoms with E-state index < -0.39 is 12.4 Å². The molecule has 0 radical (unpaired) electrons. The van der Waals surface area contributed by atoms with Crippen molar-refractivity contribution in [3.05, 3.63) is 96.8 Å². The van der Waals surface area contributed by atoms with E-state index in [9.17, 15) is 18.0 Å². The number of allylic oxidation sites excluding steroid dienone is 4. The fourth-order valence-corrected chi connectivity index (χ4v) is 3.50. The van der Waals surface area contributed by atoms with Crippen LogP contribution in [0.5, 0.6) is 5.75 Å². The Labute approximate surface area is 194 Å². The lowest BCUT2D eigenvalue weighted by Gasteiger charge is -2.24. The second-order valence-electron chi connectivity index (χ2n) is 7.54. The van der Waals surface area contributed by atoms with Crippen LogP contribution in [0.25, 0.3) is 0 Å². The number of amides is 2. The van der Waals surface area contributed by atoms with Gasteiger partial charge in [-0.15, -0.1) is 13.2 Å². The van der Waals surface area contributed by atoms with Gasteiger partial charge in [0, 0.05) is 24.5 Å². The highest BCUT2D eigenvalue weighted by Gasteiger charge is 2.31. The van der Waals surface area contributed by atoms with Gasteiger partial charge in [0.15, 0.2) is 0 Å². The van der Waals surface area contributed by atoms with E-state index in [0.717, 1.165) is 36.4 Å². The Morgan fingerprint density at radius 1 is 1.09 bits per heavy atom. The second kappa shape index (κ2) is 10.2. The molecule has 0 bridgehead atoms. The molecule has 0 saturated carbocycles. The standard InChI is InChI=1S/C25H22F3N3O3/c26-25(27,28)34-20-12-10-19(11-13-20)29-24(32)30-22-8-4-5-9-23(22)31-14-15-33-21(17-31)16-18-6-2-1-3-7-18/h1-2,4-6,8-15,17H,3,7,16H2,(H2,29,30,32). The third kappa shape index (κ3) is 6.44. The van der Waals surface area contributed by atoms with E-state index in [0.29, 0.717) is 17.8 Å². The third-order valence-electron chi connectivity index (χ3n) is 5.00. The number of carbonyl (C=O) groups excluding carboxylic acids is 1. The smallest absolute Gasteiger partial charge is 0.466 e. The number of hydrogen-bond acceptors (Lipinski definition) is 4. The molecular weight excluding hydrogens is 447 g/mol. The number of nitrogens with one attached hydrogen (secondary N) is 2. The molecule has 2 aromatic carbocycles. The molecule has 2 aromatic rings. The van der Waals surface area contributed by atoms with Gasteiger partial charge in [-0.3, -0.25) is 0 Å². The predicted molar refractivity (Wildman–Crippen MR) is 124 cm³/mol. The van der Waals surface area contributed by atoms with Crippen LogP contribution in [0, 0.1) is 0 Å². The van der Waals surface area contributed by atoms with Gasteiger partial charge in [-0.25, -0.2) is 4.79 Å². The second-order valence-corrected chi connectivity index (χ2v) is 7.54. The molecule has 6 nitrogen and oxygen atoms in total. The van der Waals surface area contributed by atoms with Crippen LogP contribution in [-0.4, -0.2) is 12.4 Å². The van der Waals surface area contributed by atoms with Crippen molar-refractivity contribution in [2.24, 2.45) is 0 Å². The van der Waals surface area contributed by atoms with Gasteiger partial charge in [-0.05, 0) is 49.2 Å². The van der Waals surface area contributed by atoms with Crippen molar-refractivity contribution >= 4 is 23.1 Å². The van der Waals surface area contributed by atoms with Crippen LogP contribution in [0.1, 0.15) is 19.3 Å². The lowest BCUT2D eigenvalue weighted by molar-refractivity contribution is -0.274. The number of rotatable bonds is 6. The molecule has 2 aliphatic rings. The minimum atomic E-state index is -4.78. The number of anilines is 3. The van der Waals surface area contributed by atoms with Crippen LogP contribution in [0.2, 0.25) is 0 Å². The number of nitrogens with zero attached hydrogens (tertiary/aromatic N) is 1. The van der Waals surface area contributed by atoms with Crippen molar-refractivity contribution < 1.29 is 27.4 Å². The summed E-state index contributed by atoms with van der Waals surface area (Å²) < 4.78 is 46.4. The predicted octanol–water partition coefficient (Wildman–Crippen LogP) is 7.04. The summed E-state index contributed by atoms with van der Waals surface area (Å²) in [5.41, 5.74) is 2.86. The van der Waals surface area contributed by atoms with E-state index in [-0.39, 0.29) is 5.75 Å². The van der Waals surface area contributed by atoms with Gasteiger partial charge >= 0.3 is 12.4 Å². The molecule has 0 atom stereocenters. The van der Waals surface area contributed by atoms with Crippen molar-refractivity contribution in [1.29, 1.82) is 0 Å². The molecule has 4 rings (SSSR count). The summed E-state index contributed by atoms with van der Waals surface area (Å²) in [7, 11) is 0. The lowest BCUT2D eigenvalue weighted by Crippen LogP contribution is -2.22. The molecule has 0 unspecified atom stereocenters. The number of carbonyl (C=O) groups is 1. The first kappa shape index (κ1) is 23.0. The van der Waals surface area contributed by atoms with Gasteiger partial charge in [-0.1, -0.05) is 35.9 Å². The highest BCUT2D eigenvalue weighted by Crippen LogP contribution is 2.31. The molecular formula is C25H22F3N3O3. The van der Waals surface area contributed by atoms with Gasteiger partial charge in [0.05, 0.1) is 11.4 Å². The molecule has 0 saturated heterocycles. The van der Waals surface area contributed by atoms with E-state index >= 15 is 0 Å². The van der Waals surface area contributed by atoms with E-state index in [2.05, 4.69) is 27.5 Å². The normalized spacial score (nSPS) is 15.2. The molecule has 34 heavy (non-hydrogen) atoms. The van der Waals surface area contributed by atoms with Crippen molar-refractivity contribution in [3.63, 3.8) is 0 Å². The summed E-state index contributed by atoms with van der Waals surface area (Å²) in [6, 6.07) is 11.6. The number of ether oxygens (including phenoxy) is 2. The summed E-state index contributed by atoms with van der Waals surface area (Å²) in [4.78, 5) is 14.4. The molecule has 1 heterocycles. The highest BCUT2D eigenvalue weighted by atomic mass is 19.4. The number of benzene rings is 2. The Morgan fingerprint density at radius 2 is 1.88 bits per heavy atom. The minimum Gasteiger partial charge on any atom is -0.466 e. The first-order valence-electron chi connectivity index (χ1n) is 10.6. The van der Waals surface area contributed by atoms with E-state index in [1.54, 1.807) is 24.6 Å². The fourth-order valence-electron chi connectivity index (χ4n) is 3.50. The zero-order valence-corrected chi connectivity index (χ0v) is 18.0. The van der Waals surface area contributed by atoms with E-state index in [1.165, 1.54) is 17.7 Å². The topological polar surface area (TPSA) is 62.8 Å². The molecule has 9 heteroatoms. The zero-order valence-electron chi connectivity index (χ0n) is 18.0. The van der Waals surface area contributed by atoms with Crippen molar-refractivity contribution in [2.45, 2.75) is 25.6 Å². The van der Waals surface area contributed by atoms with Crippen LogP contribution in [0.15, 0.2) is 96.8 Å². The van der Waals surface area contributed by atoms with Gasteiger partial charge in [0.25, 0.3) is 0 Å². The Kier molecular flexibility index (Phi) is 6.91. The van der Waals surface area contributed by atoms with Crippen LogP contribution >= 0.6 is 0 Å². The van der Waals surface area contributed by atoms with Crippen molar-refractivity contribution in [1.82, 2.24) is 0 Å². The summed E-state index contributed by atoms with van der Waals surface area (Å²) in [6.45, 7) is 0. The maximum Gasteiger partial charge on any atom is 0.573 e. The zero-order chi connectivity index (χ0) is 24.0. The van der Waals surface area contributed by atoms with Crippen LogP contribution < -0.4 is 20.3 Å². The van der Waals surface area contributed by atoms with Crippen LogP contribution in [0.3, 0.4) is 0 Å². The summed E-state index contributed by atoms with van der Waals surface area (Å²) in [6.07, 6.45) is 9.40. The van der Waals surface area contributed by atoms with Gasteiger partial charge in [0.2, 0.25) is 0 Å². The van der Waals surface area contributed by atoms with Gasteiger partial charge < -0.3 is 25.0 Å². The van der Waals surface area contributed by atoms with E-state index in [1.807, 2.05) is 29.3 Å². The molecule has 0 fully saturated rings. The Balaban J connectivity index is 1.42. The van der Waals surface area contributed by atoms with Gasteiger partial charge in [-0.2, -0.15) is 0 Å². The van der Waals surface area contributed by atoms with Crippen molar-refractivity contribution in [2.75, 3.05) is 15.5 Å². The molecule has 2 N–H and O–H groups in total. The van der Waals surface area contributed by atoms with Crippen LogP contribution in [0.4, 0.5) is 35.0 Å². The maximum atomic E-state index is 12.5. The summed E-state index contributed by atoms with van der Waals surface area (Å²) in [5, 5.41) is 5.37. The molecule has 176 valence electrons. The Bertz CT molecular complexity index is 1150. The number of halogens is 3. The molecule has 1 aliphatic carbocycles. The number of para-hydroxylation sites is 2. The highest BCUT2D eigenvalue weighted by molar-refractivity contribution is 6.02. The number of hydrogen-bond donors (Lipinski definition) is 2. The quantitative estimate of drug-likeness (QED) is 0.476. The summed E-state index contributed by atoms with van der Waals surface area (Å²) >= 11 is 0. The molecule has 2 amide bonds. The lowest BCUT2D eigenvalue weighted by atomic mass is 10.0. The fraction of sp³-hybridized carbons (Fsp3) is 0.160. The average Bonchev–Trinajstić information content (AvgIpc) is 2.81. The average molecular weight is 469 g/mol. The van der Waals surface area contributed by atoms with Crippen LogP contribution in [-0.2, 0) is 4.74 Å². The Morgan fingerprint density at radius 3 is 2.62 bits per heavy atom. The van der Waals surface area contributed by atoms with E-state index in [4.69, 9.17) is 4.74 Å². The SMILES string of the molecule is O=C(Nc1ccc(OC(F)(F)F)cc1)Nc1ccccc1N1C=COC(CC2=CC=CCC2)=C1. The number of alkyl halides is 3. The largest absolute Gasteiger partial charge is 0.573 e. The first-order chi connectivity index (χ1) is 16.4. The van der Waals surface area contributed by atoms with Gasteiger partial charge in [0.1, 0.15) is 17.8 Å². The minimum absolute atomic E-state index is 0.313. The summed E-state index contributed by atoms with van der Waals surface area (Å²) in [5.74, 6) is 0.412. The maximum absolute atomic E-state index is 12.5. The van der Waals surface area contributed by atoms with Crippen molar-refractivity contribution in [3.8, 4) is 5.75 Å². The third-order valence-corrected chi connectivity index (χ3v) is 5.00.